The van der Waals surface area contributed by atoms with E-state index in [2.05, 4.69) is 20.4 Å². The maximum absolute atomic E-state index is 5.46. The topological polar surface area (TPSA) is 82.2 Å². The number of pyridine rings is 1. The number of methoxy groups -OCH3 is 3. The van der Waals surface area contributed by atoms with Crippen LogP contribution in [-0.4, -0.2) is 41.7 Å². The SMILES string of the molecule is COc1cc(-c2n[nH]nc2-c2ccnc3ccccc23)cc(OC)c1OC. The van der Waals surface area contributed by atoms with Crippen LogP contribution < -0.4 is 14.2 Å². The number of nitrogens with zero attached hydrogens (tertiary/aromatic N) is 3. The second-order valence-corrected chi connectivity index (χ2v) is 5.81. The monoisotopic (exact) mass is 362 g/mol. The molecular weight excluding hydrogens is 344 g/mol. The zero-order chi connectivity index (χ0) is 18.8. The highest BCUT2D eigenvalue weighted by atomic mass is 16.5. The van der Waals surface area contributed by atoms with Crippen molar-refractivity contribution in [1.82, 2.24) is 20.4 Å². The number of nitrogens with one attached hydrogen (secondary N) is 1. The minimum Gasteiger partial charge on any atom is -0.493 e. The fourth-order valence-electron chi connectivity index (χ4n) is 3.14. The smallest absolute Gasteiger partial charge is 0.203 e. The largest absolute Gasteiger partial charge is 0.493 e. The molecule has 0 unspecified atom stereocenters. The van der Waals surface area contributed by atoms with Crippen LogP contribution in [0.5, 0.6) is 17.2 Å². The van der Waals surface area contributed by atoms with Crippen molar-refractivity contribution in [2.45, 2.75) is 0 Å². The summed E-state index contributed by atoms with van der Waals surface area (Å²) in [5.41, 5.74) is 4.05. The third-order valence-electron chi connectivity index (χ3n) is 4.39. The Morgan fingerprint density at radius 2 is 1.52 bits per heavy atom. The summed E-state index contributed by atoms with van der Waals surface area (Å²) in [5.74, 6) is 1.64. The zero-order valence-corrected chi connectivity index (χ0v) is 15.2. The molecule has 0 aliphatic rings. The van der Waals surface area contributed by atoms with Crippen LogP contribution in [0.1, 0.15) is 0 Å². The molecule has 2 heterocycles. The minimum atomic E-state index is 0.531. The third kappa shape index (κ3) is 2.83. The average molecular weight is 362 g/mol. The van der Waals surface area contributed by atoms with Crippen LogP contribution in [0.3, 0.4) is 0 Å². The van der Waals surface area contributed by atoms with Gasteiger partial charge in [-0.1, -0.05) is 18.2 Å². The van der Waals surface area contributed by atoms with Crippen LogP contribution >= 0.6 is 0 Å². The van der Waals surface area contributed by atoms with Gasteiger partial charge in [-0.3, -0.25) is 4.98 Å². The lowest BCUT2D eigenvalue weighted by atomic mass is 10.0. The Kier molecular flexibility index (Phi) is 4.33. The Morgan fingerprint density at radius 3 is 2.22 bits per heavy atom. The highest BCUT2D eigenvalue weighted by Crippen LogP contribution is 2.42. The van der Waals surface area contributed by atoms with Crippen molar-refractivity contribution in [3.8, 4) is 39.8 Å². The summed E-state index contributed by atoms with van der Waals surface area (Å²) in [6.07, 6.45) is 1.77. The number of ether oxygens (including phenoxy) is 3. The van der Waals surface area contributed by atoms with Crippen LogP contribution in [0.15, 0.2) is 48.7 Å². The molecule has 27 heavy (non-hydrogen) atoms. The molecule has 0 fully saturated rings. The second-order valence-electron chi connectivity index (χ2n) is 5.81. The van der Waals surface area contributed by atoms with E-state index in [1.807, 2.05) is 42.5 Å². The Hall–Kier alpha value is -3.61. The summed E-state index contributed by atoms with van der Waals surface area (Å²) >= 11 is 0. The number of aromatic nitrogens is 4. The van der Waals surface area contributed by atoms with E-state index in [-0.39, 0.29) is 0 Å². The van der Waals surface area contributed by atoms with Crippen LogP contribution in [0.2, 0.25) is 0 Å². The van der Waals surface area contributed by atoms with Gasteiger partial charge in [0, 0.05) is 22.7 Å². The first-order chi connectivity index (χ1) is 13.3. The predicted molar refractivity (Wildman–Crippen MR) is 102 cm³/mol. The number of hydrogen-bond donors (Lipinski definition) is 1. The van der Waals surface area contributed by atoms with Gasteiger partial charge in [-0.05, 0) is 24.3 Å². The van der Waals surface area contributed by atoms with Crippen LogP contribution in [0, 0.1) is 0 Å². The van der Waals surface area contributed by atoms with Crippen molar-refractivity contribution in [3.63, 3.8) is 0 Å². The van der Waals surface area contributed by atoms with E-state index in [0.29, 0.717) is 22.9 Å². The van der Waals surface area contributed by atoms with Crippen LogP contribution in [0.4, 0.5) is 0 Å². The molecule has 0 saturated heterocycles. The fraction of sp³-hybridized carbons (Fsp3) is 0.150. The molecule has 0 aliphatic carbocycles. The van der Waals surface area contributed by atoms with Crippen molar-refractivity contribution >= 4 is 10.9 Å². The van der Waals surface area contributed by atoms with Gasteiger partial charge in [-0.25, -0.2) is 0 Å². The molecule has 0 radical (unpaired) electrons. The third-order valence-corrected chi connectivity index (χ3v) is 4.39. The Labute approximate surface area is 155 Å². The summed E-state index contributed by atoms with van der Waals surface area (Å²) in [5, 5.41) is 12.5. The summed E-state index contributed by atoms with van der Waals surface area (Å²) < 4.78 is 16.3. The second kappa shape index (κ2) is 6.95. The van der Waals surface area contributed by atoms with Gasteiger partial charge < -0.3 is 14.2 Å². The molecule has 136 valence electrons. The summed E-state index contributed by atoms with van der Waals surface area (Å²) in [6, 6.07) is 13.6. The van der Waals surface area contributed by atoms with Crippen molar-refractivity contribution in [1.29, 1.82) is 0 Å². The number of hydrogen-bond acceptors (Lipinski definition) is 6. The van der Waals surface area contributed by atoms with Gasteiger partial charge in [-0.15, -0.1) is 0 Å². The normalized spacial score (nSPS) is 10.8. The van der Waals surface area contributed by atoms with Gasteiger partial charge >= 0.3 is 0 Å². The molecule has 0 amide bonds. The quantitative estimate of drug-likeness (QED) is 0.583. The Balaban J connectivity index is 1.93. The lowest BCUT2D eigenvalue weighted by Gasteiger charge is -2.14. The Morgan fingerprint density at radius 1 is 0.815 bits per heavy atom. The van der Waals surface area contributed by atoms with E-state index < -0.39 is 0 Å². The molecule has 4 aromatic rings. The molecule has 0 atom stereocenters. The summed E-state index contributed by atoms with van der Waals surface area (Å²) in [7, 11) is 4.74. The van der Waals surface area contributed by atoms with Gasteiger partial charge in [0.1, 0.15) is 11.4 Å². The molecule has 0 spiro atoms. The number of aromatic amines is 1. The lowest BCUT2D eigenvalue weighted by Crippen LogP contribution is -1.96. The van der Waals surface area contributed by atoms with E-state index in [0.717, 1.165) is 27.7 Å². The van der Waals surface area contributed by atoms with Gasteiger partial charge in [0.15, 0.2) is 11.5 Å². The van der Waals surface area contributed by atoms with Crippen LogP contribution in [-0.2, 0) is 0 Å². The number of rotatable bonds is 5. The number of benzene rings is 2. The van der Waals surface area contributed by atoms with E-state index in [1.54, 1.807) is 27.5 Å². The maximum atomic E-state index is 5.46. The molecule has 7 heteroatoms. The molecule has 0 bridgehead atoms. The average Bonchev–Trinajstić information content (AvgIpc) is 3.21. The molecular formula is C20H18N4O3. The first kappa shape index (κ1) is 16.8. The number of fused-ring (bicyclic) bond motifs is 1. The maximum Gasteiger partial charge on any atom is 0.203 e. The molecule has 0 saturated carbocycles. The molecule has 7 nitrogen and oxygen atoms in total. The first-order valence-corrected chi connectivity index (χ1v) is 8.32. The summed E-state index contributed by atoms with van der Waals surface area (Å²) in [4.78, 5) is 4.42. The molecule has 2 aromatic heterocycles. The van der Waals surface area contributed by atoms with E-state index >= 15 is 0 Å². The predicted octanol–water partition coefficient (Wildman–Crippen LogP) is 3.71. The fourth-order valence-corrected chi connectivity index (χ4v) is 3.14. The number of H-pyrrole nitrogens is 1. The lowest BCUT2D eigenvalue weighted by molar-refractivity contribution is 0.324. The first-order valence-electron chi connectivity index (χ1n) is 8.32. The highest BCUT2D eigenvalue weighted by Gasteiger charge is 2.20. The Bertz CT molecular complexity index is 1080. The van der Waals surface area contributed by atoms with Crippen molar-refractivity contribution in [3.05, 3.63) is 48.7 Å². The zero-order valence-electron chi connectivity index (χ0n) is 15.2. The summed E-state index contributed by atoms with van der Waals surface area (Å²) in [6.45, 7) is 0. The van der Waals surface area contributed by atoms with Gasteiger partial charge in [0.2, 0.25) is 5.75 Å². The van der Waals surface area contributed by atoms with E-state index in [1.165, 1.54) is 0 Å². The standard InChI is InChI=1S/C20H18N4O3/c1-25-16-10-12(11-17(26-2)20(16)27-3)18-19(23-24-22-18)14-8-9-21-15-7-5-4-6-13(14)15/h4-11H,1-3H3,(H,22,23,24). The van der Waals surface area contributed by atoms with Crippen LogP contribution in [0.25, 0.3) is 33.4 Å². The van der Waals surface area contributed by atoms with Gasteiger partial charge in [0.05, 0.1) is 26.8 Å². The van der Waals surface area contributed by atoms with Gasteiger partial charge in [-0.2, -0.15) is 15.4 Å². The van der Waals surface area contributed by atoms with Crippen molar-refractivity contribution < 1.29 is 14.2 Å². The molecule has 4 rings (SSSR count). The molecule has 1 N–H and O–H groups in total. The molecule has 0 aliphatic heterocycles. The molecule has 2 aromatic carbocycles. The van der Waals surface area contributed by atoms with Crippen molar-refractivity contribution in [2.24, 2.45) is 0 Å². The number of para-hydroxylation sites is 1. The van der Waals surface area contributed by atoms with E-state index in [4.69, 9.17) is 14.2 Å². The van der Waals surface area contributed by atoms with E-state index in [9.17, 15) is 0 Å². The van der Waals surface area contributed by atoms with Crippen molar-refractivity contribution in [2.75, 3.05) is 21.3 Å². The highest BCUT2D eigenvalue weighted by molar-refractivity contribution is 5.96. The minimum absolute atomic E-state index is 0.531. The van der Waals surface area contributed by atoms with Gasteiger partial charge in [0.25, 0.3) is 0 Å².